The van der Waals surface area contributed by atoms with E-state index in [0.717, 1.165) is 52.8 Å². The second kappa shape index (κ2) is 9.87. The molecule has 0 aromatic heterocycles. The van der Waals surface area contributed by atoms with Crippen molar-refractivity contribution in [1.29, 1.82) is 0 Å². The highest BCUT2D eigenvalue weighted by molar-refractivity contribution is 5.85. The SMILES string of the molecule is CCCCOc1ccc(-c2ccc(C#Cc3ccc4cc(OC)ccc4c3)cc2)cc1. The number of fused-ring (bicyclic) bond motifs is 1. The third-order valence-electron chi connectivity index (χ3n) is 5.24. The topological polar surface area (TPSA) is 18.5 Å². The summed E-state index contributed by atoms with van der Waals surface area (Å²) in [5, 5.41) is 2.31. The Morgan fingerprint density at radius 2 is 1.23 bits per heavy atom. The average Bonchev–Trinajstić information content (AvgIpc) is 2.83. The van der Waals surface area contributed by atoms with E-state index in [4.69, 9.17) is 9.47 Å². The van der Waals surface area contributed by atoms with Crippen molar-refractivity contribution in [2.45, 2.75) is 19.8 Å². The lowest BCUT2D eigenvalue weighted by atomic mass is 10.0. The van der Waals surface area contributed by atoms with Gasteiger partial charge in [0.1, 0.15) is 11.5 Å². The lowest BCUT2D eigenvalue weighted by molar-refractivity contribution is 0.309. The Bertz CT molecular complexity index is 1210. The van der Waals surface area contributed by atoms with E-state index in [1.807, 2.05) is 30.3 Å². The van der Waals surface area contributed by atoms with Gasteiger partial charge in [-0.2, -0.15) is 0 Å². The Kier molecular flexibility index (Phi) is 6.55. The quantitative estimate of drug-likeness (QED) is 0.251. The Balaban J connectivity index is 1.45. The highest BCUT2D eigenvalue weighted by atomic mass is 16.5. The van der Waals surface area contributed by atoms with Crippen LogP contribution in [0.25, 0.3) is 21.9 Å². The average molecular weight is 407 g/mol. The third kappa shape index (κ3) is 5.27. The maximum absolute atomic E-state index is 5.74. The second-order valence-corrected chi connectivity index (χ2v) is 7.48. The fourth-order valence-electron chi connectivity index (χ4n) is 3.40. The number of methoxy groups -OCH3 is 1. The summed E-state index contributed by atoms with van der Waals surface area (Å²) < 4.78 is 11.0. The van der Waals surface area contributed by atoms with Gasteiger partial charge in [-0.05, 0) is 76.9 Å². The first-order valence-electron chi connectivity index (χ1n) is 10.7. The number of hydrogen-bond donors (Lipinski definition) is 0. The molecule has 0 aliphatic heterocycles. The molecule has 2 nitrogen and oxygen atoms in total. The molecule has 0 aliphatic rings. The Labute approximate surface area is 184 Å². The molecule has 0 saturated heterocycles. The molecule has 0 bridgehead atoms. The van der Waals surface area contributed by atoms with Gasteiger partial charge in [-0.15, -0.1) is 0 Å². The van der Waals surface area contributed by atoms with Crippen LogP contribution in [0.3, 0.4) is 0 Å². The molecular weight excluding hydrogens is 380 g/mol. The van der Waals surface area contributed by atoms with Gasteiger partial charge in [-0.25, -0.2) is 0 Å². The Morgan fingerprint density at radius 1 is 0.645 bits per heavy atom. The van der Waals surface area contributed by atoms with E-state index in [-0.39, 0.29) is 0 Å². The predicted molar refractivity (Wildman–Crippen MR) is 129 cm³/mol. The number of unbranched alkanes of at least 4 members (excludes halogenated alkanes) is 1. The molecule has 0 unspecified atom stereocenters. The van der Waals surface area contributed by atoms with Gasteiger partial charge < -0.3 is 9.47 Å². The summed E-state index contributed by atoms with van der Waals surface area (Å²) in [6.45, 7) is 2.94. The van der Waals surface area contributed by atoms with E-state index >= 15 is 0 Å². The molecule has 2 heteroatoms. The molecule has 4 aromatic rings. The molecule has 0 aliphatic carbocycles. The summed E-state index contributed by atoms with van der Waals surface area (Å²) >= 11 is 0. The summed E-state index contributed by atoms with van der Waals surface area (Å²) in [7, 11) is 1.68. The minimum Gasteiger partial charge on any atom is -0.497 e. The van der Waals surface area contributed by atoms with E-state index in [9.17, 15) is 0 Å². The van der Waals surface area contributed by atoms with Gasteiger partial charge in [0, 0.05) is 11.1 Å². The van der Waals surface area contributed by atoms with Crippen LogP contribution in [0.15, 0.2) is 84.9 Å². The molecule has 0 fully saturated rings. The summed E-state index contributed by atoms with van der Waals surface area (Å²) in [5.74, 6) is 8.34. The van der Waals surface area contributed by atoms with Crippen LogP contribution in [-0.2, 0) is 0 Å². The maximum atomic E-state index is 5.74. The van der Waals surface area contributed by atoms with Crippen molar-refractivity contribution in [3.63, 3.8) is 0 Å². The molecule has 31 heavy (non-hydrogen) atoms. The van der Waals surface area contributed by atoms with Crippen LogP contribution in [0.5, 0.6) is 11.5 Å². The number of ether oxygens (including phenoxy) is 2. The van der Waals surface area contributed by atoms with E-state index in [1.165, 1.54) is 11.1 Å². The van der Waals surface area contributed by atoms with Crippen molar-refractivity contribution in [2.75, 3.05) is 13.7 Å². The molecule has 0 heterocycles. The molecule has 4 aromatic carbocycles. The minimum absolute atomic E-state index is 0.772. The van der Waals surface area contributed by atoms with Crippen LogP contribution in [0.1, 0.15) is 30.9 Å². The molecular formula is C29H26O2. The highest BCUT2D eigenvalue weighted by Gasteiger charge is 2.00. The van der Waals surface area contributed by atoms with Gasteiger partial charge in [-0.3, -0.25) is 0 Å². The van der Waals surface area contributed by atoms with E-state index in [0.29, 0.717) is 0 Å². The molecule has 154 valence electrons. The monoisotopic (exact) mass is 406 g/mol. The Hall–Kier alpha value is -3.70. The van der Waals surface area contributed by atoms with Crippen molar-refractivity contribution < 1.29 is 9.47 Å². The van der Waals surface area contributed by atoms with Crippen LogP contribution in [0, 0.1) is 11.8 Å². The summed E-state index contributed by atoms with van der Waals surface area (Å²) in [6, 6.07) is 29.0. The van der Waals surface area contributed by atoms with Crippen molar-refractivity contribution in [3.8, 4) is 34.5 Å². The first-order valence-corrected chi connectivity index (χ1v) is 10.7. The minimum atomic E-state index is 0.772. The summed E-state index contributed by atoms with van der Waals surface area (Å²) in [5.41, 5.74) is 4.34. The van der Waals surface area contributed by atoms with Crippen LogP contribution in [0.4, 0.5) is 0 Å². The number of hydrogen-bond acceptors (Lipinski definition) is 2. The number of rotatable bonds is 6. The molecule has 0 amide bonds. The van der Waals surface area contributed by atoms with E-state index in [1.54, 1.807) is 7.11 Å². The lowest BCUT2D eigenvalue weighted by Crippen LogP contribution is -1.95. The zero-order valence-electron chi connectivity index (χ0n) is 18.0. The summed E-state index contributed by atoms with van der Waals surface area (Å²) in [4.78, 5) is 0. The van der Waals surface area contributed by atoms with E-state index < -0.39 is 0 Å². The van der Waals surface area contributed by atoms with Gasteiger partial charge in [0.05, 0.1) is 13.7 Å². The second-order valence-electron chi connectivity index (χ2n) is 7.48. The third-order valence-corrected chi connectivity index (χ3v) is 5.24. The smallest absolute Gasteiger partial charge is 0.119 e. The van der Waals surface area contributed by atoms with Gasteiger partial charge in [0.2, 0.25) is 0 Å². The van der Waals surface area contributed by atoms with Crippen LogP contribution in [0.2, 0.25) is 0 Å². The molecule has 0 atom stereocenters. The van der Waals surface area contributed by atoms with Gasteiger partial charge in [0.15, 0.2) is 0 Å². The fourth-order valence-corrected chi connectivity index (χ4v) is 3.40. The van der Waals surface area contributed by atoms with Gasteiger partial charge in [-0.1, -0.05) is 61.6 Å². The first kappa shape index (κ1) is 20.6. The van der Waals surface area contributed by atoms with Gasteiger partial charge >= 0.3 is 0 Å². The number of benzene rings is 4. The first-order chi connectivity index (χ1) is 15.2. The van der Waals surface area contributed by atoms with Crippen molar-refractivity contribution in [3.05, 3.63) is 96.1 Å². The molecule has 0 radical (unpaired) electrons. The van der Waals surface area contributed by atoms with Crippen molar-refractivity contribution >= 4 is 10.8 Å². The van der Waals surface area contributed by atoms with E-state index in [2.05, 4.69) is 73.4 Å². The maximum Gasteiger partial charge on any atom is 0.119 e. The van der Waals surface area contributed by atoms with Crippen molar-refractivity contribution in [1.82, 2.24) is 0 Å². The molecule has 0 spiro atoms. The zero-order valence-corrected chi connectivity index (χ0v) is 18.0. The summed E-state index contributed by atoms with van der Waals surface area (Å²) in [6.07, 6.45) is 2.22. The van der Waals surface area contributed by atoms with Gasteiger partial charge in [0.25, 0.3) is 0 Å². The van der Waals surface area contributed by atoms with Crippen LogP contribution >= 0.6 is 0 Å². The molecule has 4 rings (SSSR count). The zero-order chi connectivity index (χ0) is 21.5. The predicted octanol–water partition coefficient (Wildman–Crippen LogP) is 7.09. The Morgan fingerprint density at radius 3 is 1.94 bits per heavy atom. The normalized spacial score (nSPS) is 10.4. The largest absolute Gasteiger partial charge is 0.497 e. The fraction of sp³-hybridized carbons (Fsp3) is 0.172. The highest BCUT2D eigenvalue weighted by Crippen LogP contribution is 2.24. The van der Waals surface area contributed by atoms with Crippen LogP contribution in [-0.4, -0.2) is 13.7 Å². The lowest BCUT2D eigenvalue weighted by Gasteiger charge is -2.07. The molecule has 0 saturated carbocycles. The van der Waals surface area contributed by atoms with Crippen LogP contribution < -0.4 is 9.47 Å². The molecule has 0 N–H and O–H groups in total. The van der Waals surface area contributed by atoms with Crippen molar-refractivity contribution in [2.24, 2.45) is 0 Å². The standard InChI is InChI=1S/C29H26O2/c1-3-4-19-31-28-16-13-25(14-17-28)24-10-7-22(8-11-24)5-6-23-9-12-27-21-29(30-2)18-15-26(27)20-23/h7-18,20-21H,3-4,19H2,1-2H3.